The first kappa shape index (κ1) is 11.0. The van der Waals surface area contributed by atoms with Gasteiger partial charge in [0, 0.05) is 5.41 Å². The highest BCUT2D eigenvalue weighted by molar-refractivity contribution is 5.21. The van der Waals surface area contributed by atoms with Crippen molar-refractivity contribution in [3.8, 4) is 0 Å². The van der Waals surface area contributed by atoms with Crippen molar-refractivity contribution in [2.45, 2.75) is 44.6 Å². The molecule has 1 atom stereocenters. The topological polar surface area (TPSA) is 19.9 Å². The lowest BCUT2D eigenvalue weighted by Gasteiger charge is -2.58. The highest BCUT2D eigenvalue weighted by Crippen LogP contribution is 2.64. The summed E-state index contributed by atoms with van der Waals surface area (Å²) in [6.45, 7) is 0. The van der Waals surface area contributed by atoms with Crippen LogP contribution < -0.4 is 0 Å². The van der Waals surface area contributed by atoms with Crippen molar-refractivity contribution in [3.05, 3.63) is 35.9 Å². The summed E-state index contributed by atoms with van der Waals surface area (Å²) in [4.78, 5) is 0. The molecule has 4 saturated carbocycles. The standard InChI is InChI=1S/C17H21O/c18-16(15-4-2-1-3-5-15)17-9-12-6-13(10-17)8-14(7-12)11-17/h1-5,12-14,16H,6-11H2. The van der Waals surface area contributed by atoms with E-state index in [0.29, 0.717) is 0 Å². The van der Waals surface area contributed by atoms with E-state index in [0.717, 1.165) is 23.3 Å². The molecule has 1 unspecified atom stereocenters. The molecule has 0 spiro atoms. The molecule has 4 bridgehead atoms. The molecule has 1 aromatic carbocycles. The van der Waals surface area contributed by atoms with Crippen LogP contribution in [-0.2, 0) is 5.11 Å². The molecule has 1 radical (unpaired) electrons. The Kier molecular flexibility index (Phi) is 2.35. The van der Waals surface area contributed by atoms with Gasteiger partial charge in [-0.25, -0.2) is 5.11 Å². The molecular formula is C17H21O. The maximum Gasteiger partial charge on any atom is 0.124 e. The third-order valence-corrected chi connectivity index (χ3v) is 5.74. The van der Waals surface area contributed by atoms with Crippen LogP contribution in [0, 0.1) is 23.2 Å². The Morgan fingerprint density at radius 3 is 1.89 bits per heavy atom. The monoisotopic (exact) mass is 241 g/mol. The lowest BCUT2D eigenvalue weighted by atomic mass is 9.47. The summed E-state index contributed by atoms with van der Waals surface area (Å²) in [7, 11) is 0. The predicted molar refractivity (Wildman–Crippen MR) is 70.5 cm³/mol. The number of benzene rings is 1. The SMILES string of the molecule is [O]C(c1ccccc1)C12CC3CC(CC(C3)C1)C2. The minimum Gasteiger partial charge on any atom is -0.227 e. The molecule has 4 aliphatic carbocycles. The lowest BCUT2D eigenvalue weighted by Crippen LogP contribution is -2.48. The Bertz CT molecular complexity index is 401. The molecule has 1 nitrogen and oxygen atoms in total. The molecule has 18 heavy (non-hydrogen) atoms. The summed E-state index contributed by atoms with van der Waals surface area (Å²) in [6.07, 6.45) is 7.40. The van der Waals surface area contributed by atoms with Crippen LogP contribution in [0.2, 0.25) is 0 Å². The fraction of sp³-hybridized carbons (Fsp3) is 0.647. The summed E-state index contributed by atoms with van der Waals surface area (Å²) in [6, 6.07) is 10.1. The molecule has 4 aliphatic rings. The fourth-order valence-corrected chi connectivity index (χ4v) is 5.48. The molecule has 0 N–H and O–H groups in total. The van der Waals surface area contributed by atoms with Gasteiger partial charge < -0.3 is 0 Å². The number of hydrogen-bond donors (Lipinski definition) is 0. The van der Waals surface area contributed by atoms with Gasteiger partial charge in [0.15, 0.2) is 0 Å². The van der Waals surface area contributed by atoms with Crippen molar-refractivity contribution in [2.24, 2.45) is 23.2 Å². The van der Waals surface area contributed by atoms with Crippen LogP contribution in [0.15, 0.2) is 30.3 Å². The van der Waals surface area contributed by atoms with E-state index in [4.69, 9.17) is 0 Å². The minimum absolute atomic E-state index is 0.107. The van der Waals surface area contributed by atoms with Gasteiger partial charge in [0.25, 0.3) is 0 Å². The van der Waals surface area contributed by atoms with Gasteiger partial charge in [-0.15, -0.1) is 0 Å². The van der Waals surface area contributed by atoms with E-state index in [2.05, 4.69) is 0 Å². The molecule has 0 heterocycles. The summed E-state index contributed by atoms with van der Waals surface area (Å²) in [5.74, 6) is 2.62. The molecular weight excluding hydrogens is 220 g/mol. The smallest absolute Gasteiger partial charge is 0.124 e. The summed E-state index contributed by atoms with van der Waals surface area (Å²) < 4.78 is 0. The summed E-state index contributed by atoms with van der Waals surface area (Å²) >= 11 is 0. The third kappa shape index (κ3) is 1.56. The van der Waals surface area contributed by atoms with E-state index in [1.807, 2.05) is 30.3 Å². The quantitative estimate of drug-likeness (QED) is 0.732. The van der Waals surface area contributed by atoms with E-state index in [-0.39, 0.29) is 5.41 Å². The van der Waals surface area contributed by atoms with Crippen molar-refractivity contribution < 1.29 is 5.11 Å². The predicted octanol–water partition coefficient (Wildman–Crippen LogP) is 4.37. The molecule has 4 fully saturated rings. The van der Waals surface area contributed by atoms with Crippen LogP contribution in [0.5, 0.6) is 0 Å². The van der Waals surface area contributed by atoms with E-state index < -0.39 is 6.10 Å². The minimum atomic E-state index is -0.480. The van der Waals surface area contributed by atoms with Gasteiger partial charge >= 0.3 is 0 Å². The normalized spacial score (nSPS) is 43.1. The van der Waals surface area contributed by atoms with Crippen molar-refractivity contribution in [1.29, 1.82) is 0 Å². The van der Waals surface area contributed by atoms with Crippen LogP contribution in [0.1, 0.15) is 50.2 Å². The Morgan fingerprint density at radius 2 is 1.39 bits per heavy atom. The first-order valence-corrected chi connectivity index (χ1v) is 7.46. The molecule has 1 aromatic rings. The van der Waals surface area contributed by atoms with Gasteiger partial charge in [-0.1, -0.05) is 30.3 Å². The molecule has 1 heteroatoms. The Balaban J connectivity index is 1.67. The van der Waals surface area contributed by atoms with E-state index in [1.165, 1.54) is 38.5 Å². The fourth-order valence-electron chi connectivity index (χ4n) is 5.48. The van der Waals surface area contributed by atoms with E-state index in [1.54, 1.807) is 0 Å². The second-order valence-corrected chi connectivity index (χ2v) is 7.07. The zero-order chi connectivity index (χ0) is 12.2. The summed E-state index contributed by atoms with van der Waals surface area (Å²) in [5.41, 5.74) is 1.13. The number of hydrogen-bond acceptors (Lipinski definition) is 0. The van der Waals surface area contributed by atoms with Gasteiger partial charge in [-0.05, 0) is 61.8 Å². The molecule has 0 aliphatic heterocycles. The number of rotatable bonds is 2. The van der Waals surface area contributed by atoms with Crippen LogP contribution in [-0.4, -0.2) is 0 Å². The average Bonchev–Trinajstić information content (AvgIpc) is 2.37. The van der Waals surface area contributed by atoms with Gasteiger partial charge in [-0.2, -0.15) is 0 Å². The van der Waals surface area contributed by atoms with Crippen molar-refractivity contribution in [3.63, 3.8) is 0 Å². The molecule has 0 saturated heterocycles. The van der Waals surface area contributed by atoms with Crippen molar-refractivity contribution in [2.75, 3.05) is 0 Å². The first-order chi connectivity index (χ1) is 8.75. The highest BCUT2D eigenvalue weighted by Gasteiger charge is 2.54. The maximum atomic E-state index is 13.0. The third-order valence-electron chi connectivity index (χ3n) is 5.74. The zero-order valence-electron chi connectivity index (χ0n) is 10.8. The van der Waals surface area contributed by atoms with Crippen molar-refractivity contribution >= 4 is 0 Å². The Morgan fingerprint density at radius 1 is 0.889 bits per heavy atom. The molecule has 95 valence electrons. The Labute approximate surface area is 109 Å². The van der Waals surface area contributed by atoms with E-state index in [9.17, 15) is 5.11 Å². The highest BCUT2D eigenvalue weighted by atomic mass is 16.3. The first-order valence-electron chi connectivity index (χ1n) is 7.46. The largest absolute Gasteiger partial charge is 0.227 e. The van der Waals surface area contributed by atoms with E-state index >= 15 is 0 Å². The molecule has 0 amide bonds. The second-order valence-electron chi connectivity index (χ2n) is 7.07. The second kappa shape index (κ2) is 3.84. The van der Waals surface area contributed by atoms with Gasteiger partial charge in [0.1, 0.15) is 6.10 Å². The van der Waals surface area contributed by atoms with Gasteiger partial charge in [0.05, 0.1) is 0 Å². The van der Waals surface area contributed by atoms with Crippen molar-refractivity contribution in [1.82, 2.24) is 0 Å². The average molecular weight is 241 g/mol. The molecule has 5 rings (SSSR count). The van der Waals surface area contributed by atoms with Gasteiger partial charge in [-0.3, -0.25) is 0 Å². The Hall–Kier alpha value is -0.820. The lowest BCUT2D eigenvalue weighted by molar-refractivity contribution is -0.143. The van der Waals surface area contributed by atoms with Crippen LogP contribution in [0.25, 0.3) is 0 Å². The summed E-state index contributed by atoms with van der Waals surface area (Å²) in [5, 5.41) is 13.0. The molecule has 0 aromatic heterocycles. The zero-order valence-corrected chi connectivity index (χ0v) is 10.8. The van der Waals surface area contributed by atoms with Crippen LogP contribution >= 0.6 is 0 Å². The van der Waals surface area contributed by atoms with Gasteiger partial charge in [0.2, 0.25) is 0 Å². The van der Waals surface area contributed by atoms with Crippen LogP contribution in [0.3, 0.4) is 0 Å². The van der Waals surface area contributed by atoms with Crippen LogP contribution in [0.4, 0.5) is 0 Å². The maximum absolute atomic E-state index is 13.0.